The molecular formula is C11H16F3N3. The van der Waals surface area contributed by atoms with Crippen molar-refractivity contribution in [2.45, 2.75) is 26.1 Å². The van der Waals surface area contributed by atoms with E-state index in [2.05, 4.69) is 4.98 Å². The van der Waals surface area contributed by atoms with Crippen LogP contribution < -0.4 is 10.6 Å². The summed E-state index contributed by atoms with van der Waals surface area (Å²) in [5, 5.41) is 0. The smallest absolute Gasteiger partial charge is 0.348 e. The average Bonchev–Trinajstić information content (AvgIpc) is 2.27. The molecule has 0 radical (unpaired) electrons. The number of hydrogen-bond acceptors (Lipinski definition) is 3. The first-order valence-corrected chi connectivity index (χ1v) is 5.43. The number of nitrogens with zero attached hydrogens (tertiary/aromatic N) is 2. The van der Waals surface area contributed by atoms with Gasteiger partial charge in [0.25, 0.3) is 0 Å². The molecule has 2 N–H and O–H groups in total. The summed E-state index contributed by atoms with van der Waals surface area (Å²) in [6.45, 7) is 1.46. The predicted molar refractivity (Wildman–Crippen MR) is 60.7 cm³/mol. The molecule has 1 aromatic rings. The van der Waals surface area contributed by atoms with Crippen LogP contribution in [0.2, 0.25) is 0 Å². The Morgan fingerprint density at radius 2 is 2.12 bits per heavy atom. The number of aromatic nitrogens is 1. The van der Waals surface area contributed by atoms with Gasteiger partial charge in [-0.3, -0.25) is 0 Å². The molecule has 17 heavy (non-hydrogen) atoms. The Morgan fingerprint density at radius 1 is 1.41 bits per heavy atom. The number of rotatable bonds is 5. The molecule has 6 heteroatoms. The molecular weight excluding hydrogens is 231 g/mol. The van der Waals surface area contributed by atoms with Crippen molar-refractivity contribution in [2.75, 3.05) is 18.0 Å². The maximum absolute atomic E-state index is 12.4. The van der Waals surface area contributed by atoms with E-state index < -0.39 is 12.7 Å². The van der Waals surface area contributed by atoms with Crippen LogP contribution in [0.4, 0.5) is 19.0 Å². The van der Waals surface area contributed by atoms with E-state index in [1.807, 2.05) is 6.92 Å². The van der Waals surface area contributed by atoms with Crippen molar-refractivity contribution in [1.82, 2.24) is 4.98 Å². The van der Waals surface area contributed by atoms with Crippen molar-refractivity contribution in [3.63, 3.8) is 0 Å². The lowest BCUT2D eigenvalue weighted by Crippen LogP contribution is -2.35. The van der Waals surface area contributed by atoms with Gasteiger partial charge in [-0.1, -0.05) is 6.92 Å². The summed E-state index contributed by atoms with van der Waals surface area (Å²) >= 11 is 0. The van der Waals surface area contributed by atoms with Gasteiger partial charge in [0.15, 0.2) is 0 Å². The molecule has 0 fully saturated rings. The van der Waals surface area contributed by atoms with Crippen molar-refractivity contribution in [2.24, 2.45) is 5.73 Å². The highest BCUT2D eigenvalue weighted by atomic mass is 19.4. The first-order valence-electron chi connectivity index (χ1n) is 5.43. The summed E-state index contributed by atoms with van der Waals surface area (Å²) in [6.07, 6.45) is -2.11. The van der Waals surface area contributed by atoms with E-state index in [1.54, 1.807) is 12.1 Å². The van der Waals surface area contributed by atoms with Crippen LogP contribution in [0.3, 0.4) is 0 Å². The van der Waals surface area contributed by atoms with Gasteiger partial charge in [-0.15, -0.1) is 0 Å². The Balaban J connectivity index is 2.88. The first kappa shape index (κ1) is 13.8. The van der Waals surface area contributed by atoms with Crippen LogP contribution in [-0.2, 0) is 6.54 Å². The summed E-state index contributed by atoms with van der Waals surface area (Å²) < 4.78 is 37.2. The van der Waals surface area contributed by atoms with Gasteiger partial charge in [0.05, 0.1) is 0 Å². The highest BCUT2D eigenvalue weighted by Gasteiger charge is 2.31. The molecule has 0 bridgehead atoms. The third-order valence-corrected chi connectivity index (χ3v) is 2.23. The molecule has 0 amide bonds. The van der Waals surface area contributed by atoms with Gasteiger partial charge < -0.3 is 10.6 Å². The van der Waals surface area contributed by atoms with Crippen LogP contribution in [0.15, 0.2) is 18.3 Å². The van der Waals surface area contributed by atoms with Crippen LogP contribution in [0.25, 0.3) is 0 Å². The summed E-state index contributed by atoms with van der Waals surface area (Å²) in [7, 11) is 0. The summed E-state index contributed by atoms with van der Waals surface area (Å²) in [6, 6.07) is 3.29. The normalized spacial score (nSPS) is 11.6. The van der Waals surface area contributed by atoms with Gasteiger partial charge in [0.2, 0.25) is 0 Å². The Labute approximate surface area is 98.4 Å². The molecule has 0 aliphatic heterocycles. The molecule has 0 saturated heterocycles. The molecule has 3 nitrogen and oxygen atoms in total. The van der Waals surface area contributed by atoms with Gasteiger partial charge in [0.1, 0.15) is 12.4 Å². The predicted octanol–water partition coefficient (Wildman–Crippen LogP) is 2.32. The molecule has 0 unspecified atom stereocenters. The van der Waals surface area contributed by atoms with E-state index >= 15 is 0 Å². The largest absolute Gasteiger partial charge is 0.405 e. The Morgan fingerprint density at radius 3 is 2.65 bits per heavy atom. The second-order valence-corrected chi connectivity index (χ2v) is 3.76. The SMILES string of the molecule is CCCN(CC(F)(F)F)c1cc(CN)ccn1. The Hall–Kier alpha value is -1.30. The van der Waals surface area contributed by atoms with Gasteiger partial charge in [0, 0.05) is 19.3 Å². The number of hydrogen-bond donors (Lipinski definition) is 1. The zero-order chi connectivity index (χ0) is 12.9. The maximum atomic E-state index is 12.4. The molecule has 1 rings (SSSR count). The number of alkyl halides is 3. The topological polar surface area (TPSA) is 42.1 Å². The second kappa shape index (κ2) is 5.86. The van der Waals surface area contributed by atoms with E-state index in [4.69, 9.17) is 5.73 Å². The van der Waals surface area contributed by atoms with Crippen molar-refractivity contribution >= 4 is 5.82 Å². The molecule has 1 aromatic heterocycles. The number of nitrogens with two attached hydrogens (primary N) is 1. The number of anilines is 1. The number of pyridine rings is 1. The lowest BCUT2D eigenvalue weighted by atomic mass is 10.2. The van der Waals surface area contributed by atoms with Gasteiger partial charge in [-0.25, -0.2) is 4.98 Å². The van der Waals surface area contributed by atoms with Crippen molar-refractivity contribution in [3.8, 4) is 0 Å². The zero-order valence-corrected chi connectivity index (χ0v) is 9.67. The average molecular weight is 247 g/mol. The molecule has 0 atom stereocenters. The minimum absolute atomic E-state index is 0.293. The van der Waals surface area contributed by atoms with Crippen LogP contribution >= 0.6 is 0 Å². The minimum Gasteiger partial charge on any atom is -0.348 e. The van der Waals surface area contributed by atoms with Gasteiger partial charge in [-0.2, -0.15) is 13.2 Å². The Kier molecular flexibility index (Phi) is 4.74. The highest BCUT2D eigenvalue weighted by molar-refractivity contribution is 5.41. The Bertz CT molecular complexity index is 352. The van der Waals surface area contributed by atoms with Crippen LogP contribution in [-0.4, -0.2) is 24.2 Å². The fraction of sp³-hybridized carbons (Fsp3) is 0.545. The zero-order valence-electron chi connectivity index (χ0n) is 9.67. The lowest BCUT2D eigenvalue weighted by Gasteiger charge is -2.24. The van der Waals surface area contributed by atoms with E-state index in [0.29, 0.717) is 25.3 Å². The molecule has 0 aliphatic carbocycles. The third kappa shape index (κ3) is 4.60. The second-order valence-electron chi connectivity index (χ2n) is 3.76. The maximum Gasteiger partial charge on any atom is 0.405 e. The standard InChI is InChI=1S/C11H16F3N3/c1-2-5-17(8-11(12,13)14)10-6-9(7-15)3-4-16-10/h3-4,6H,2,5,7-8,15H2,1H3. The third-order valence-electron chi connectivity index (χ3n) is 2.23. The molecule has 96 valence electrons. The van der Waals surface area contributed by atoms with Crippen LogP contribution in [0.5, 0.6) is 0 Å². The van der Waals surface area contributed by atoms with Crippen LogP contribution in [0.1, 0.15) is 18.9 Å². The van der Waals surface area contributed by atoms with E-state index in [1.165, 1.54) is 11.1 Å². The highest BCUT2D eigenvalue weighted by Crippen LogP contribution is 2.21. The van der Waals surface area contributed by atoms with Crippen LogP contribution in [0, 0.1) is 0 Å². The molecule has 0 aliphatic rings. The van der Waals surface area contributed by atoms with E-state index in [-0.39, 0.29) is 0 Å². The quantitative estimate of drug-likeness (QED) is 0.868. The molecule has 1 heterocycles. The summed E-state index contributed by atoms with van der Waals surface area (Å²) in [4.78, 5) is 5.18. The summed E-state index contributed by atoms with van der Waals surface area (Å²) in [5.74, 6) is 0.326. The first-order chi connectivity index (χ1) is 7.96. The van der Waals surface area contributed by atoms with Gasteiger partial charge in [-0.05, 0) is 24.1 Å². The van der Waals surface area contributed by atoms with E-state index in [9.17, 15) is 13.2 Å². The van der Waals surface area contributed by atoms with E-state index in [0.717, 1.165) is 5.56 Å². The minimum atomic E-state index is -4.23. The van der Waals surface area contributed by atoms with Crippen molar-refractivity contribution in [1.29, 1.82) is 0 Å². The fourth-order valence-electron chi connectivity index (χ4n) is 1.52. The summed E-state index contributed by atoms with van der Waals surface area (Å²) in [5.41, 5.74) is 6.23. The molecule has 0 spiro atoms. The molecule has 0 saturated carbocycles. The monoisotopic (exact) mass is 247 g/mol. The van der Waals surface area contributed by atoms with Crippen molar-refractivity contribution < 1.29 is 13.2 Å². The number of halogens is 3. The fourth-order valence-corrected chi connectivity index (χ4v) is 1.52. The lowest BCUT2D eigenvalue weighted by molar-refractivity contribution is -0.119. The van der Waals surface area contributed by atoms with Gasteiger partial charge >= 0.3 is 6.18 Å². The van der Waals surface area contributed by atoms with Crippen molar-refractivity contribution in [3.05, 3.63) is 23.9 Å². The molecule has 0 aromatic carbocycles.